The van der Waals surface area contributed by atoms with E-state index in [1.54, 1.807) is 7.11 Å². The summed E-state index contributed by atoms with van der Waals surface area (Å²) < 4.78 is 13.2. The lowest BCUT2D eigenvalue weighted by atomic mass is 10.1. The highest BCUT2D eigenvalue weighted by atomic mass is 127. The van der Waals surface area contributed by atoms with Crippen LogP contribution in [-0.4, -0.2) is 13.2 Å². The topological polar surface area (TPSA) is 18.5 Å². The summed E-state index contributed by atoms with van der Waals surface area (Å²) in [6.07, 6.45) is 12.8. The van der Waals surface area contributed by atoms with E-state index in [2.05, 4.69) is 47.7 Å². The molecular weight excluding hydrogens is 387 g/mol. The normalized spacial score (nSPS) is 13.0. The van der Waals surface area contributed by atoms with E-state index in [0.717, 1.165) is 12.2 Å². The van der Waals surface area contributed by atoms with Gasteiger partial charge in [0.1, 0.15) is 5.75 Å². The lowest BCUT2D eigenvalue weighted by Crippen LogP contribution is -2.08. The van der Waals surface area contributed by atoms with Gasteiger partial charge in [0.25, 0.3) is 0 Å². The van der Waals surface area contributed by atoms with Crippen molar-refractivity contribution in [2.45, 2.75) is 51.7 Å². The van der Waals surface area contributed by atoms with Crippen LogP contribution in [0.5, 0.6) is 5.75 Å². The van der Waals surface area contributed by atoms with Gasteiger partial charge in [-0.25, -0.2) is 0 Å². The first-order chi connectivity index (χ1) is 10.8. The summed E-state index contributed by atoms with van der Waals surface area (Å²) in [4.78, 5) is 0. The second kappa shape index (κ2) is 12.7. The van der Waals surface area contributed by atoms with Gasteiger partial charge in [-0.2, -0.15) is 0 Å². The Labute approximate surface area is 148 Å². The summed E-state index contributed by atoms with van der Waals surface area (Å²) in [5, 5.41) is 0. The van der Waals surface area contributed by atoms with Gasteiger partial charge in [0.05, 0.1) is 19.8 Å². The lowest BCUT2D eigenvalue weighted by molar-refractivity contribution is 0.0741. The number of ether oxygens (including phenoxy) is 2. The average molecular weight is 414 g/mol. The van der Waals surface area contributed by atoms with Gasteiger partial charge in [0.2, 0.25) is 0 Å². The van der Waals surface area contributed by atoms with E-state index >= 15 is 0 Å². The molecule has 0 spiro atoms. The van der Waals surface area contributed by atoms with Gasteiger partial charge in [-0.05, 0) is 47.1 Å². The molecule has 0 bridgehead atoms. The van der Waals surface area contributed by atoms with E-state index in [1.165, 1.54) is 31.2 Å². The predicted octanol–water partition coefficient (Wildman–Crippen LogP) is 6.06. The minimum atomic E-state index is 0.140. The van der Waals surface area contributed by atoms with Gasteiger partial charge >= 0.3 is 0 Å². The van der Waals surface area contributed by atoms with Crippen LogP contribution < -0.4 is 4.74 Å². The van der Waals surface area contributed by atoms with Crippen molar-refractivity contribution in [3.05, 3.63) is 52.1 Å². The maximum absolute atomic E-state index is 5.99. The highest BCUT2D eigenvalue weighted by molar-refractivity contribution is 14.1. The Kier molecular flexibility index (Phi) is 11.1. The Balaban J connectivity index is 2.36. The number of rotatable bonds is 11. The molecule has 122 valence electrons. The molecule has 1 rings (SSSR count). The molecule has 0 aliphatic carbocycles. The summed E-state index contributed by atoms with van der Waals surface area (Å²) in [7, 11) is 1.68. The highest BCUT2D eigenvalue weighted by Gasteiger charge is 2.03. The molecule has 0 aliphatic heterocycles. The number of halogens is 1. The van der Waals surface area contributed by atoms with E-state index in [0.29, 0.717) is 6.61 Å². The molecule has 0 aliphatic rings. The molecule has 0 saturated carbocycles. The molecule has 0 fully saturated rings. The molecule has 0 aromatic heterocycles. The zero-order valence-electron chi connectivity index (χ0n) is 13.6. The SMILES string of the molecule is CCCCC/C=C/C[C@@H](/C=C/I)OCc1ccc(OC)cc1. The van der Waals surface area contributed by atoms with Crippen molar-refractivity contribution in [1.82, 2.24) is 0 Å². The van der Waals surface area contributed by atoms with Crippen LogP contribution in [0.3, 0.4) is 0 Å². The lowest BCUT2D eigenvalue weighted by Gasteiger charge is -2.12. The quantitative estimate of drug-likeness (QED) is 0.249. The van der Waals surface area contributed by atoms with Crippen molar-refractivity contribution in [2.75, 3.05) is 7.11 Å². The van der Waals surface area contributed by atoms with Crippen LogP contribution in [0, 0.1) is 0 Å². The number of hydrogen-bond donors (Lipinski definition) is 0. The van der Waals surface area contributed by atoms with Gasteiger partial charge in [0.15, 0.2) is 0 Å². The van der Waals surface area contributed by atoms with Gasteiger partial charge in [-0.1, -0.05) is 66.6 Å². The first kappa shape index (κ1) is 19.2. The summed E-state index contributed by atoms with van der Waals surface area (Å²) >= 11 is 2.24. The van der Waals surface area contributed by atoms with Crippen LogP contribution >= 0.6 is 22.6 Å². The Morgan fingerprint density at radius 2 is 1.91 bits per heavy atom. The van der Waals surface area contributed by atoms with Crippen molar-refractivity contribution >= 4 is 22.6 Å². The van der Waals surface area contributed by atoms with E-state index in [4.69, 9.17) is 9.47 Å². The van der Waals surface area contributed by atoms with Crippen molar-refractivity contribution in [1.29, 1.82) is 0 Å². The molecule has 22 heavy (non-hydrogen) atoms. The molecule has 0 unspecified atom stereocenters. The van der Waals surface area contributed by atoms with Gasteiger partial charge < -0.3 is 9.47 Å². The molecule has 1 aromatic carbocycles. The molecule has 2 nitrogen and oxygen atoms in total. The molecule has 1 atom stereocenters. The number of unbranched alkanes of at least 4 members (excludes halogenated alkanes) is 3. The maximum atomic E-state index is 5.99. The zero-order chi connectivity index (χ0) is 16.0. The molecule has 0 heterocycles. The van der Waals surface area contributed by atoms with E-state index in [-0.39, 0.29) is 6.10 Å². The zero-order valence-corrected chi connectivity index (χ0v) is 15.8. The third kappa shape index (κ3) is 8.59. The van der Waals surface area contributed by atoms with Crippen molar-refractivity contribution in [2.24, 2.45) is 0 Å². The number of hydrogen-bond acceptors (Lipinski definition) is 2. The summed E-state index contributed by atoms with van der Waals surface area (Å²) in [5.74, 6) is 0.877. The predicted molar refractivity (Wildman–Crippen MR) is 103 cm³/mol. The van der Waals surface area contributed by atoms with Crippen LogP contribution in [0.1, 0.15) is 44.6 Å². The van der Waals surface area contributed by atoms with Crippen LogP contribution in [0.4, 0.5) is 0 Å². The molecule has 0 N–H and O–H groups in total. The molecule has 1 aromatic rings. The van der Waals surface area contributed by atoms with Crippen LogP contribution in [0.2, 0.25) is 0 Å². The summed E-state index contributed by atoms with van der Waals surface area (Å²) in [5.41, 5.74) is 1.17. The average Bonchev–Trinajstić information content (AvgIpc) is 2.56. The Bertz CT molecular complexity index is 437. The van der Waals surface area contributed by atoms with Crippen molar-refractivity contribution < 1.29 is 9.47 Å². The molecule has 0 amide bonds. The third-order valence-corrected chi connectivity index (χ3v) is 3.84. The second-order valence-electron chi connectivity index (χ2n) is 5.22. The molecular formula is C19H27IO2. The Hall–Kier alpha value is -0.810. The minimum Gasteiger partial charge on any atom is -0.497 e. The Morgan fingerprint density at radius 3 is 2.55 bits per heavy atom. The van der Waals surface area contributed by atoms with E-state index in [9.17, 15) is 0 Å². The largest absolute Gasteiger partial charge is 0.497 e. The standard InChI is InChI=1S/C19H27IO2/c1-3-4-5-6-7-8-9-19(14-15-20)22-16-17-10-12-18(21-2)13-11-17/h7-8,10-15,19H,3-6,9,16H2,1-2H3/b8-7+,15-14+/t19-/m0/s1. The van der Waals surface area contributed by atoms with Crippen LogP contribution in [-0.2, 0) is 11.3 Å². The molecule has 3 heteroatoms. The maximum Gasteiger partial charge on any atom is 0.118 e. The molecule has 0 saturated heterocycles. The molecule has 0 radical (unpaired) electrons. The van der Waals surface area contributed by atoms with Crippen LogP contribution in [0.25, 0.3) is 0 Å². The Morgan fingerprint density at radius 1 is 1.14 bits per heavy atom. The summed E-state index contributed by atoms with van der Waals surface area (Å²) in [6.45, 7) is 2.86. The van der Waals surface area contributed by atoms with E-state index in [1.807, 2.05) is 28.3 Å². The van der Waals surface area contributed by atoms with Gasteiger partial charge in [0, 0.05) is 0 Å². The van der Waals surface area contributed by atoms with Crippen molar-refractivity contribution in [3.63, 3.8) is 0 Å². The monoisotopic (exact) mass is 414 g/mol. The smallest absolute Gasteiger partial charge is 0.118 e. The minimum absolute atomic E-state index is 0.140. The summed E-state index contributed by atoms with van der Waals surface area (Å²) in [6, 6.07) is 8.03. The number of allylic oxidation sites excluding steroid dienone is 1. The van der Waals surface area contributed by atoms with Crippen LogP contribution in [0.15, 0.2) is 46.6 Å². The van der Waals surface area contributed by atoms with Gasteiger partial charge in [-0.15, -0.1) is 0 Å². The first-order valence-electron chi connectivity index (χ1n) is 7.96. The number of benzene rings is 1. The third-order valence-electron chi connectivity index (χ3n) is 3.42. The fraction of sp³-hybridized carbons (Fsp3) is 0.474. The van der Waals surface area contributed by atoms with Gasteiger partial charge in [-0.3, -0.25) is 0 Å². The van der Waals surface area contributed by atoms with E-state index < -0.39 is 0 Å². The fourth-order valence-electron chi connectivity index (χ4n) is 2.07. The second-order valence-corrected chi connectivity index (χ2v) is 5.94. The van der Waals surface area contributed by atoms with Crippen molar-refractivity contribution in [3.8, 4) is 5.75 Å². The number of methoxy groups -OCH3 is 1. The highest BCUT2D eigenvalue weighted by Crippen LogP contribution is 2.14. The first-order valence-corrected chi connectivity index (χ1v) is 9.21. The fourth-order valence-corrected chi connectivity index (χ4v) is 2.53.